The molecule has 0 N–H and O–H groups in total. The molecular weight excluding hydrogens is 372 g/mol. The number of benzene rings is 2. The quantitative estimate of drug-likeness (QED) is 0.500. The summed E-state index contributed by atoms with van der Waals surface area (Å²) in [6.07, 6.45) is 3.61. The standard InChI is InChI=1S/C21H20N4O2S/c1-24-12-11-22-19(24)14-27-16-9-7-15(8-10-16)21(26)25(2)13-20-23-17-5-3-4-6-18(17)28-20/h3-12H,13-14H2,1-2H3. The zero-order chi connectivity index (χ0) is 19.5. The van der Waals surface area contributed by atoms with Crippen LogP contribution >= 0.6 is 11.3 Å². The van der Waals surface area contributed by atoms with Gasteiger partial charge in [0.25, 0.3) is 5.91 Å². The number of para-hydroxylation sites is 1. The SMILES string of the molecule is CN(Cc1nc2ccccc2s1)C(=O)c1ccc(OCc2nccn2C)cc1. The van der Waals surface area contributed by atoms with Gasteiger partial charge in [0.15, 0.2) is 0 Å². The largest absolute Gasteiger partial charge is 0.486 e. The van der Waals surface area contributed by atoms with Gasteiger partial charge in [0.2, 0.25) is 0 Å². The van der Waals surface area contributed by atoms with E-state index in [-0.39, 0.29) is 5.91 Å². The Morgan fingerprint density at radius 2 is 1.96 bits per heavy atom. The minimum absolute atomic E-state index is 0.0464. The van der Waals surface area contributed by atoms with E-state index < -0.39 is 0 Å². The number of imidazole rings is 1. The van der Waals surface area contributed by atoms with Gasteiger partial charge in [-0.2, -0.15) is 0 Å². The molecular formula is C21H20N4O2S. The molecule has 0 atom stereocenters. The molecule has 0 unspecified atom stereocenters. The number of hydrogen-bond donors (Lipinski definition) is 0. The number of nitrogens with zero attached hydrogens (tertiary/aromatic N) is 4. The van der Waals surface area contributed by atoms with Crippen molar-refractivity contribution in [3.63, 3.8) is 0 Å². The van der Waals surface area contributed by atoms with Gasteiger partial charge in [-0.15, -0.1) is 11.3 Å². The van der Waals surface area contributed by atoms with Crippen molar-refractivity contribution in [1.82, 2.24) is 19.4 Å². The molecule has 1 amide bonds. The molecule has 0 bridgehead atoms. The third kappa shape index (κ3) is 3.89. The minimum atomic E-state index is -0.0464. The summed E-state index contributed by atoms with van der Waals surface area (Å²) in [5.74, 6) is 1.50. The first-order valence-electron chi connectivity index (χ1n) is 8.89. The van der Waals surface area contributed by atoms with Gasteiger partial charge in [-0.25, -0.2) is 9.97 Å². The van der Waals surface area contributed by atoms with Crippen molar-refractivity contribution in [2.75, 3.05) is 7.05 Å². The number of thiazole rings is 1. The van der Waals surface area contributed by atoms with E-state index >= 15 is 0 Å². The number of ether oxygens (including phenoxy) is 1. The lowest BCUT2D eigenvalue weighted by Crippen LogP contribution is -2.26. The van der Waals surface area contributed by atoms with Crippen LogP contribution in [-0.2, 0) is 20.2 Å². The predicted octanol–water partition coefficient (Wildman–Crippen LogP) is 3.88. The molecule has 0 spiro atoms. The van der Waals surface area contributed by atoms with Crippen LogP contribution in [0.2, 0.25) is 0 Å². The Hall–Kier alpha value is -3.19. The zero-order valence-corrected chi connectivity index (χ0v) is 16.5. The molecule has 6 nitrogen and oxygen atoms in total. The minimum Gasteiger partial charge on any atom is -0.486 e. The van der Waals surface area contributed by atoms with Gasteiger partial charge in [0.1, 0.15) is 23.2 Å². The Morgan fingerprint density at radius 1 is 1.18 bits per heavy atom. The maximum atomic E-state index is 12.7. The molecule has 4 aromatic rings. The average molecular weight is 392 g/mol. The lowest BCUT2D eigenvalue weighted by Gasteiger charge is -2.16. The number of rotatable bonds is 6. The van der Waals surface area contributed by atoms with Crippen LogP contribution in [0.1, 0.15) is 21.2 Å². The molecule has 0 saturated carbocycles. The van der Waals surface area contributed by atoms with Crippen LogP contribution in [0.5, 0.6) is 5.75 Å². The first-order valence-corrected chi connectivity index (χ1v) is 9.71. The van der Waals surface area contributed by atoms with Gasteiger partial charge in [0.05, 0.1) is 16.8 Å². The van der Waals surface area contributed by atoms with Crippen LogP contribution in [0.3, 0.4) is 0 Å². The van der Waals surface area contributed by atoms with Gasteiger partial charge in [0, 0.05) is 32.1 Å². The molecule has 7 heteroatoms. The maximum absolute atomic E-state index is 12.7. The monoisotopic (exact) mass is 392 g/mol. The third-order valence-corrected chi connectivity index (χ3v) is 5.47. The molecule has 0 fully saturated rings. The molecule has 2 heterocycles. The molecule has 0 saturated heterocycles. The highest BCUT2D eigenvalue weighted by Crippen LogP contribution is 2.23. The van der Waals surface area contributed by atoms with Crippen molar-refractivity contribution in [2.24, 2.45) is 7.05 Å². The Morgan fingerprint density at radius 3 is 2.68 bits per heavy atom. The highest BCUT2D eigenvalue weighted by Gasteiger charge is 2.14. The van der Waals surface area contributed by atoms with Crippen LogP contribution in [0.4, 0.5) is 0 Å². The van der Waals surface area contributed by atoms with E-state index in [1.807, 2.05) is 54.2 Å². The van der Waals surface area contributed by atoms with Crippen molar-refractivity contribution in [3.05, 3.63) is 77.3 Å². The Balaban J connectivity index is 1.38. The third-order valence-electron chi connectivity index (χ3n) is 4.45. The van der Waals surface area contributed by atoms with E-state index in [9.17, 15) is 4.79 Å². The summed E-state index contributed by atoms with van der Waals surface area (Å²) < 4.78 is 8.78. The van der Waals surface area contributed by atoms with Crippen molar-refractivity contribution in [1.29, 1.82) is 0 Å². The highest BCUT2D eigenvalue weighted by molar-refractivity contribution is 7.18. The summed E-state index contributed by atoms with van der Waals surface area (Å²) in [5, 5.41) is 0.923. The molecule has 4 rings (SSSR count). The second-order valence-corrected chi connectivity index (χ2v) is 7.62. The van der Waals surface area contributed by atoms with E-state index in [2.05, 4.69) is 9.97 Å². The van der Waals surface area contributed by atoms with E-state index in [4.69, 9.17) is 4.74 Å². The fourth-order valence-corrected chi connectivity index (χ4v) is 3.88. The lowest BCUT2D eigenvalue weighted by atomic mass is 10.2. The van der Waals surface area contributed by atoms with Crippen molar-refractivity contribution < 1.29 is 9.53 Å². The maximum Gasteiger partial charge on any atom is 0.253 e. The molecule has 2 aromatic carbocycles. The molecule has 28 heavy (non-hydrogen) atoms. The number of fused-ring (bicyclic) bond motifs is 1. The van der Waals surface area contributed by atoms with Crippen molar-refractivity contribution in [2.45, 2.75) is 13.2 Å². The number of aromatic nitrogens is 3. The predicted molar refractivity (Wildman–Crippen MR) is 109 cm³/mol. The number of hydrogen-bond acceptors (Lipinski definition) is 5. The molecule has 142 valence electrons. The Bertz CT molecular complexity index is 1070. The Labute approximate surface area is 167 Å². The number of aryl methyl sites for hydroxylation is 1. The number of amides is 1. The summed E-state index contributed by atoms with van der Waals surface area (Å²) in [6, 6.07) is 15.2. The second kappa shape index (κ2) is 7.82. The lowest BCUT2D eigenvalue weighted by molar-refractivity contribution is 0.0785. The molecule has 0 aliphatic carbocycles. The molecule has 0 aliphatic rings. The first-order chi connectivity index (χ1) is 13.6. The smallest absolute Gasteiger partial charge is 0.253 e. The molecule has 2 aromatic heterocycles. The molecule has 0 aliphatic heterocycles. The van der Waals surface area contributed by atoms with Crippen LogP contribution in [-0.4, -0.2) is 32.4 Å². The summed E-state index contributed by atoms with van der Waals surface area (Å²) in [4.78, 5) is 23.2. The fourth-order valence-electron chi connectivity index (χ4n) is 2.86. The van der Waals surface area contributed by atoms with Gasteiger partial charge in [-0.3, -0.25) is 4.79 Å². The summed E-state index contributed by atoms with van der Waals surface area (Å²) >= 11 is 1.61. The van der Waals surface area contributed by atoms with Crippen LogP contribution in [0.15, 0.2) is 60.9 Å². The number of carbonyl (C=O) groups excluding carboxylic acids is 1. The van der Waals surface area contributed by atoms with Gasteiger partial charge in [-0.1, -0.05) is 12.1 Å². The number of carbonyl (C=O) groups is 1. The normalized spacial score (nSPS) is 10.9. The van der Waals surface area contributed by atoms with Crippen molar-refractivity contribution >= 4 is 27.5 Å². The van der Waals surface area contributed by atoms with Crippen molar-refractivity contribution in [3.8, 4) is 5.75 Å². The topological polar surface area (TPSA) is 60.3 Å². The highest BCUT2D eigenvalue weighted by atomic mass is 32.1. The Kier molecular flexibility index (Phi) is 5.08. The second-order valence-electron chi connectivity index (χ2n) is 6.50. The van der Waals surface area contributed by atoms with Crippen LogP contribution in [0.25, 0.3) is 10.2 Å². The average Bonchev–Trinajstić information content (AvgIpc) is 3.31. The van der Waals surface area contributed by atoms with Crippen LogP contribution < -0.4 is 4.74 Å². The van der Waals surface area contributed by atoms with Gasteiger partial charge < -0.3 is 14.2 Å². The van der Waals surface area contributed by atoms with Gasteiger partial charge >= 0.3 is 0 Å². The van der Waals surface area contributed by atoms with E-state index in [1.165, 1.54) is 0 Å². The first kappa shape index (κ1) is 18.2. The van der Waals surface area contributed by atoms with Gasteiger partial charge in [-0.05, 0) is 36.4 Å². The van der Waals surface area contributed by atoms with E-state index in [0.717, 1.165) is 21.0 Å². The molecule has 0 radical (unpaired) electrons. The summed E-state index contributed by atoms with van der Waals surface area (Å²) in [5.41, 5.74) is 1.59. The van der Waals surface area contributed by atoms with Crippen LogP contribution in [0, 0.1) is 0 Å². The van der Waals surface area contributed by atoms with E-state index in [1.54, 1.807) is 41.6 Å². The summed E-state index contributed by atoms with van der Waals surface area (Å²) in [7, 11) is 3.72. The fraction of sp³-hybridized carbons (Fsp3) is 0.190. The van der Waals surface area contributed by atoms with E-state index in [0.29, 0.717) is 24.5 Å². The summed E-state index contributed by atoms with van der Waals surface area (Å²) in [6.45, 7) is 0.865. The zero-order valence-electron chi connectivity index (χ0n) is 15.7.